The molecule has 0 bridgehead atoms. The van der Waals surface area contributed by atoms with E-state index in [4.69, 9.17) is 10.3 Å². The molecule has 3 N–H and O–H groups in total. The summed E-state index contributed by atoms with van der Waals surface area (Å²) in [5, 5.41) is 0. The maximum Gasteiger partial charge on any atom is 0.268 e. The van der Waals surface area contributed by atoms with Gasteiger partial charge in [0, 0.05) is 12.7 Å². The summed E-state index contributed by atoms with van der Waals surface area (Å²) in [4.78, 5) is 13.4. The van der Waals surface area contributed by atoms with Crippen LogP contribution in [0.4, 0.5) is 5.69 Å². The second-order valence-electron chi connectivity index (χ2n) is 4.47. The van der Waals surface area contributed by atoms with Gasteiger partial charge < -0.3 is 9.32 Å². The number of aryl methyl sites for hydroxylation is 1. The van der Waals surface area contributed by atoms with Crippen molar-refractivity contribution in [1.82, 2.24) is 5.43 Å². The van der Waals surface area contributed by atoms with Crippen LogP contribution in [0, 0.1) is 6.92 Å². The lowest BCUT2D eigenvalue weighted by atomic mass is 10.2. The lowest BCUT2D eigenvalue weighted by molar-refractivity contribution is 0.0953. The van der Waals surface area contributed by atoms with Crippen LogP contribution in [0.25, 0.3) is 0 Å². The van der Waals surface area contributed by atoms with Crippen LogP contribution in [0.15, 0.2) is 41.0 Å². The third-order valence-corrected chi connectivity index (χ3v) is 2.88. The molecule has 2 rings (SSSR count). The van der Waals surface area contributed by atoms with Crippen molar-refractivity contribution in [3.8, 4) is 0 Å². The molecule has 5 heteroatoms. The van der Waals surface area contributed by atoms with E-state index >= 15 is 0 Å². The molecule has 1 heterocycles. The van der Waals surface area contributed by atoms with Gasteiger partial charge in [0.2, 0.25) is 0 Å². The Hall–Kier alpha value is -2.27. The number of nitrogens with one attached hydrogen (secondary N) is 1. The van der Waals surface area contributed by atoms with Crippen molar-refractivity contribution in [3.05, 3.63) is 53.5 Å². The fraction of sp³-hybridized carbons (Fsp3) is 0.214. The maximum absolute atomic E-state index is 11.3. The summed E-state index contributed by atoms with van der Waals surface area (Å²) in [7, 11) is 1.97. The van der Waals surface area contributed by atoms with E-state index in [1.807, 2.05) is 32.2 Å². The second-order valence-corrected chi connectivity index (χ2v) is 4.47. The van der Waals surface area contributed by atoms with E-state index in [9.17, 15) is 4.79 Å². The molecular weight excluding hydrogens is 242 g/mol. The standard InChI is InChI=1S/C14H17N3O2/c1-10-4-3-5-12(6-10)17(2)8-13-7-11(9-19-13)14(18)16-15/h3-7,9H,8,15H2,1-2H3,(H,16,18). The van der Waals surface area contributed by atoms with Crippen molar-refractivity contribution in [2.75, 3.05) is 11.9 Å². The molecular formula is C14H17N3O2. The molecule has 0 unspecified atom stereocenters. The number of nitrogens with zero attached hydrogens (tertiary/aromatic N) is 1. The smallest absolute Gasteiger partial charge is 0.268 e. The molecule has 2 aromatic rings. The Labute approximate surface area is 112 Å². The fourth-order valence-corrected chi connectivity index (χ4v) is 1.86. The molecule has 0 aliphatic rings. The molecule has 0 radical (unpaired) electrons. The summed E-state index contributed by atoms with van der Waals surface area (Å²) in [5.41, 5.74) is 4.80. The Bertz CT molecular complexity index is 578. The van der Waals surface area contributed by atoms with Gasteiger partial charge in [-0.2, -0.15) is 0 Å². The fourth-order valence-electron chi connectivity index (χ4n) is 1.86. The number of carbonyl (C=O) groups excluding carboxylic acids is 1. The number of carbonyl (C=O) groups is 1. The quantitative estimate of drug-likeness (QED) is 0.499. The van der Waals surface area contributed by atoms with Crippen LogP contribution in [0.5, 0.6) is 0 Å². The molecule has 1 aromatic heterocycles. The Balaban J connectivity index is 2.08. The van der Waals surface area contributed by atoms with Gasteiger partial charge in [0.15, 0.2) is 0 Å². The number of amides is 1. The van der Waals surface area contributed by atoms with Crippen LogP contribution in [0.2, 0.25) is 0 Å². The van der Waals surface area contributed by atoms with Gasteiger partial charge in [-0.05, 0) is 30.7 Å². The van der Waals surface area contributed by atoms with Crippen molar-refractivity contribution in [1.29, 1.82) is 0 Å². The van der Waals surface area contributed by atoms with Crippen molar-refractivity contribution < 1.29 is 9.21 Å². The zero-order chi connectivity index (χ0) is 13.8. The number of nitrogens with two attached hydrogens (primary N) is 1. The van der Waals surface area contributed by atoms with Crippen LogP contribution < -0.4 is 16.2 Å². The number of anilines is 1. The third-order valence-electron chi connectivity index (χ3n) is 2.88. The summed E-state index contributed by atoms with van der Waals surface area (Å²) in [6.07, 6.45) is 1.40. The van der Waals surface area contributed by atoms with Crippen LogP contribution in [-0.2, 0) is 6.54 Å². The topological polar surface area (TPSA) is 71.5 Å². The van der Waals surface area contributed by atoms with Gasteiger partial charge >= 0.3 is 0 Å². The Kier molecular flexibility index (Phi) is 3.87. The highest BCUT2D eigenvalue weighted by atomic mass is 16.3. The minimum absolute atomic E-state index is 0.354. The Morgan fingerprint density at radius 2 is 2.21 bits per heavy atom. The zero-order valence-electron chi connectivity index (χ0n) is 11.0. The number of nitrogen functional groups attached to an aromatic ring is 1. The Morgan fingerprint density at radius 3 is 2.89 bits per heavy atom. The van der Waals surface area contributed by atoms with Crippen LogP contribution in [0.3, 0.4) is 0 Å². The molecule has 0 saturated carbocycles. The van der Waals surface area contributed by atoms with Gasteiger partial charge in [-0.3, -0.25) is 10.2 Å². The van der Waals surface area contributed by atoms with Crippen LogP contribution >= 0.6 is 0 Å². The largest absolute Gasteiger partial charge is 0.467 e. The molecule has 5 nitrogen and oxygen atoms in total. The van der Waals surface area contributed by atoms with E-state index in [0.717, 1.165) is 5.69 Å². The van der Waals surface area contributed by atoms with E-state index in [1.54, 1.807) is 6.07 Å². The predicted molar refractivity (Wildman–Crippen MR) is 73.6 cm³/mol. The van der Waals surface area contributed by atoms with Gasteiger partial charge in [0.25, 0.3) is 5.91 Å². The first-order chi connectivity index (χ1) is 9.10. The number of rotatable bonds is 4. The normalized spacial score (nSPS) is 10.3. The Morgan fingerprint density at radius 1 is 1.42 bits per heavy atom. The molecule has 0 fully saturated rings. The first-order valence-electron chi connectivity index (χ1n) is 5.96. The van der Waals surface area contributed by atoms with Gasteiger partial charge in [0.1, 0.15) is 12.0 Å². The zero-order valence-corrected chi connectivity index (χ0v) is 11.0. The summed E-state index contributed by atoms with van der Waals surface area (Å²) in [6, 6.07) is 9.87. The highest BCUT2D eigenvalue weighted by Gasteiger charge is 2.10. The number of hydrogen-bond acceptors (Lipinski definition) is 4. The van der Waals surface area contributed by atoms with Crippen LogP contribution in [0.1, 0.15) is 21.7 Å². The van der Waals surface area contributed by atoms with Gasteiger partial charge in [-0.25, -0.2) is 5.84 Å². The van der Waals surface area contributed by atoms with Crippen LogP contribution in [-0.4, -0.2) is 13.0 Å². The number of furan rings is 1. The van der Waals surface area contributed by atoms with Crippen molar-refractivity contribution in [2.24, 2.45) is 5.84 Å². The van der Waals surface area contributed by atoms with E-state index < -0.39 is 0 Å². The number of benzene rings is 1. The predicted octanol–water partition coefficient (Wildman–Crippen LogP) is 1.83. The lowest BCUT2D eigenvalue weighted by Gasteiger charge is -2.18. The molecule has 0 atom stereocenters. The van der Waals surface area contributed by atoms with Crippen molar-refractivity contribution in [2.45, 2.75) is 13.5 Å². The minimum Gasteiger partial charge on any atom is -0.467 e. The first kappa shape index (κ1) is 13.2. The molecule has 0 aliphatic heterocycles. The number of hydrogen-bond donors (Lipinski definition) is 2. The SMILES string of the molecule is Cc1cccc(N(C)Cc2cc(C(=O)NN)co2)c1. The van der Waals surface area contributed by atoms with Gasteiger partial charge in [0.05, 0.1) is 12.1 Å². The van der Waals surface area contributed by atoms with E-state index in [-0.39, 0.29) is 5.91 Å². The second kappa shape index (κ2) is 5.58. The first-order valence-corrected chi connectivity index (χ1v) is 5.96. The van der Waals surface area contributed by atoms with E-state index in [2.05, 4.69) is 16.4 Å². The summed E-state index contributed by atoms with van der Waals surface area (Å²) < 4.78 is 5.35. The molecule has 0 aliphatic carbocycles. The summed E-state index contributed by atoms with van der Waals surface area (Å²) in [6.45, 7) is 2.63. The average Bonchev–Trinajstić information content (AvgIpc) is 2.86. The monoisotopic (exact) mass is 259 g/mol. The molecule has 1 amide bonds. The molecule has 19 heavy (non-hydrogen) atoms. The third kappa shape index (κ3) is 3.14. The maximum atomic E-state index is 11.3. The number of hydrazine groups is 1. The molecule has 100 valence electrons. The van der Waals surface area contributed by atoms with E-state index in [1.165, 1.54) is 11.8 Å². The van der Waals surface area contributed by atoms with E-state index in [0.29, 0.717) is 17.9 Å². The van der Waals surface area contributed by atoms with Crippen molar-refractivity contribution >= 4 is 11.6 Å². The molecule has 0 saturated heterocycles. The summed E-state index contributed by atoms with van der Waals surface area (Å²) >= 11 is 0. The van der Waals surface area contributed by atoms with Gasteiger partial charge in [-0.15, -0.1) is 0 Å². The average molecular weight is 259 g/mol. The lowest BCUT2D eigenvalue weighted by Crippen LogP contribution is -2.29. The molecule has 1 aromatic carbocycles. The summed E-state index contributed by atoms with van der Waals surface area (Å²) in [5.74, 6) is 5.43. The van der Waals surface area contributed by atoms with Gasteiger partial charge in [-0.1, -0.05) is 12.1 Å². The highest BCUT2D eigenvalue weighted by molar-refractivity contribution is 5.93. The van der Waals surface area contributed by atoms with Crippen molar-refractivity contribution in [3.63, 3.8) is 0 Å². The minimum atomic E-state index is -0.354. The molecule has 0 spiro atoms. The highest BCUT2D eigenvalue weighted by Crippen LogP contribution is 2.18.